The van der Waals surface area contributed by atoms with Gasteiger partial charge in [0.15, 0.2) is 0 Å². The zero-order valence-electron chi connectivity index (χ0n) is 14.4. The summed E-state index contributed by atoms with van der Waals surface area (Å²) in [6.45, 7) is 4.47. The van der Waals surface area contributed by atoms with Crippen LogP contribution < -0.4 is 0 Å². The van der Waals surface area contributed by atoms with E-state index >= 15 is 0 Å². The number of unbranched alkanes of at least 4 members (excludes halogenated alkanes) is 9. The smallest absolute Gasteiger partial charge is 0.306 e. The predicted molar refractivity (Wildman–Crippen MR) is 89.4 cm³/mol. The van der Waals surface area contributed by atoms with Gasteiger partial charge in [-0.05, 0) is 25.2 Å². The molecule has 0 aromatic heterocycles. The average molecular weight is 296 g/mol. The summed E-state index contributed by atoms with van der Waals surface area (Å²) in [7, 11) is 0. The Balaban J connectivity index is 1.87. The van der Waals surface area contributed by atoms with Crippen LogP contribution in [-0.2, 0) is 9.53 Å². The average Bonchev–Trinajstić information content (AvgIpc) is 3.20. The number of carbonyl (C=O) groups excluding carboxylic acids is 1. The highest BCUT2D eigenvalue weighted by atomic mass is 16.5. The number of ether oxygens (including phenoxy) is 1. The molecule has 0 N–H and O–H groups in total. The Labute approximate surface area is 132 Å². The van der Waals surface area contributed by atoms with Crippen molar-refractivity contribution < 1.29 is 9.53 Å². The van der Waals surface area contributed by atoms with Crippen LogP contribution in [0.3, 0.4) is 0 Å². The van der Waals surface area contributed by atoms with E-state index in [4.69, 9.17) is 4.74 Å². The van der Waals surface area contributed by atoms with E-state index in [9.17, 15) is 4.79 Å². The molecule has 0 saturated heterocycles. The molecule has 2 heteroatoms. The molecule has 0 radical (unpaired) electrons. The van der Waals surface area contributed by atoms with Crippen LogP contribution in [0.4, 0.5) is 0 Å². The molecule has 0 spiro atoms. The fourth-order valence-electron chi connectivity index (χ4n) is 2.96. The molecule has 2 nitrogen and oxygen atoms in total. The predicted octanol–water partition coefficient (Wildman–Crippen LogP) is 6.03. The van der Waals surface area contributed by atoms with Crippen LogP contribution in [0.5, 0.6) is 0 Å². The zero-order valence-corrected chi connectivity index (χ0v) is 14.4. The molecule has 21 heavy (non-hydrogen) atoms. The number of hydrogen-bond acceptors (Lipinski definition) is 2. The van der Waals surface area contributed by atoms with Crippen molar-refractivity contribution in [3.8, 4) is 0 Å². The van der Waals surface area contributed by atoms with Crippen molar-refractivity contribution >= 4 is 5.97 Å². The fourth-order valence-corrected chi connectivity index (χ4v) is 2.96. The van der Waals surface area contributed by atoms with Gasteiger partial charge in [0, 0.05) is 6.42 Å². The van der Waals surface area contributed by atoms with E-state index in [0.717, 1.165) is 12.8 Å². The first kappa shape index (κ1) is 18.5. The van der Waals surface area contributed by atoms with Crippen LogP contribution >= 0.6 is 0 Å². The largest absolute Gasteiger partial charge is 0.462 e. The standard InChI is InChI=1S/C19H36O2/c1-3-5-7-9-11-12-14-17-16-18(17)21-19(20)15-13-10-8-6-4-2/h17-18H,3-16H2,1-2H3. The molecule has 2 unspecified atom stereocenters. The van der Waals surface area contributed by atoms with Gasteiger partial charge in [-0.3, -0.25) is 4.79 Å². The number of esters is 1. The highest BCUT2D eigenvalue weighted by Crippen LogP contribution is 2.38. The Morgan fingerprint density at radius 3 is 2.10 bits per heavy atom. The van der Waals surface area contributed by atoms with Crippen molar-refractivity contribution in [1.29, 1.82) is 0 Å². The Kier molecular flexibility index (Phi) is 10.6. The first-order valence-electron chi connectivity index (χ1n) is 9.47. The SMILES string of the molecule is CCCCCCCCC1CC1OC(=O)CCCCCCC. The van der Waals surface area contributed by atoms with Crippen LogP contribution in [0.1, 0.15) is 104 Å². The number of rotatable bonds is 14. The molecule has 1 fully saturated rings. The minimum absolute atomic E-state index is 0.0435. The van der Waals surface area contributed by atoms with Crippen molar-refractivity contribution in [3.05, 3.63) is 0 Å². The van der Waals surface area contributed by atoms with Gasteiger partial charge >= 0.3 is 5.97 Å². The summed E-state index contributed by atoms with van der Waals surface area (Å²) in [4.78, 5) is 11.7. The van der Waals surface area contributed by atoms with Gasteiger partial charge in [0.05, 0.1) is 0 Å². The molecule has 0 aromatic carbocycles. The highest BCUT2D eigenvalue weighted by molar-refractivity contribution is 5.69. The van der Waals surface area contributed by atoms with Crippen LogP contribution in [0, 0.1) is 5.92 Å². The molecule has 1 rings (SSSR count). The van der Waals surface area contributed by atoms with E-state index < -0.39 is 0 Å². The number of carbonyl (C=O) groups is 1. The molecular weight excluding hydrogens is 260 g/mol. The molecule has 0 aliphatic heterocycles. The van der Waals surface area contributed by atoms with Crippen LogP contribution in [0.2, 0.25) is 0 Å². The maximum Gasteiger partial charge on any atom is 0.306 e. The first-order valence-corrected chi connectivity index (χ1v) is 9.47. The van der Waals surface area contributed by atoms with Crippen molar-refractivity contribution in [2.24, 2.45) is 5.92 Å². The lowest BCUT2D eigenvalue weighted by atomic mass is 10.1. The fraction of sp³-hybridized carbons (Fsp3) is 0.947. The Morgan fingerprint density at radius 1 is 0.857 bits per heavy atom. The van der Waals surface area contributed by atoms with Gasteiger partial charge in [-0.1, -0.05) is 78.1 Å². The van der Waals surface area contributed by atoms with E-state index in [-0.39, 0.29) is 12.1 Å². The summed E-state index contributed by atoms with van der Waals surface area (Å²) >= 11 is 0. The van der Waals surface area contributed by atoms with Gasteiger partial charge in [0.25, 0.3) is 0 Å². The molecule has 0 aromatic rings. The number of hydrogen-bond donors (Lipinski definition) is 0. The maximum atomic E-state index is 11.7. The third-order valence-electron chi connectivity index (χ3n) is 4.55. The second-order valence-corrected chi connectivity index (χ2v) is 6.74. The molecule has 0 amide bonds. The summed E-state index contributed by atoms with van der Waals surface area (Å²) in [5, 5.41) is 0. The van der Waals surface area contributed by atoms with Gasteiger partial charge < -0.3 is 4.74 Å². The molecule has 1 aliphatic carbocycles. The minimum Gasteiger partial charge on any atom is -0.462 e. The van der Waals surface area contributed by atoms with Gasteiger partial charge in [0.1, 0.15) is 6.10 Å². The molecule has 2 atom stereocenters. The van der Waals surface area contributed by atoms with Crippen LogP contribution in [0.25, 0.3) is 0 Å². The lowest BCUT2D eigenvalue weighted by Crippen LogP contribution is -2.07. The lowest BCUT2D eigenvalue weighted by molar-refractivity contribution is -0.145. The zero-order chi connectivity index (χ0) is 15.3. The summed E-state index contributed by atoms with van der Waals surface area (Å²) in [5.41, 5.74) is 0. The Morgan fingerprint density at radius 2 is 1.43 bits per heavy atom. The van der Waals surface area contributed by atoms with Crippen molar-refractivity contribution in [2.75, 3.05) is 0 Å². The van der Waals surface area contributed by atoms with E-state index in [1.54, 1.807) is 0 Å². The summed E-state index contributed by atoms with van der Waals surface area (Å²) < 4.78 is 5.54. The third kappa shape index (κ3) is 9.92. The maximum absolute atomic E-state index is 11.7. The van der Waals surface area contributed by atoms with E-state index in [2.05, 4.69) is 13.8 Å². The molecule has 124 valence electrons. The third-order valence-corrected chi connectivity index (χ3v) is 4.55. The Hall–Kier alpha value is -0.530. The van der Waals surface area contributed by atoms with Gasteiger partial charge in [0.2, 0.25) is 0 Å². The topological polar surface area (TPSA) is 26.3 Å². The summed E-state index contributed by atoms with van der Waals surface area (Å²) in [5.74, 6) is 0.724. The van der Waals surface area contributed by atoms with Gasteiger partial charge in [-0.2, -0.15) is 0 Å². The molecule has 0 bridgehead atoms. The minimum atomic E-state index is 0.0435. The van der Waals surface area contributed by atoms with E-state index in [1.807, 2.05) is 0 Å². The van der Waals surface area contributed by atoms with Crippen LogP contribution in [-0.4, -0.2) is 12.1 Å². The normalized spacial score (nSPS) is 20.5. The van der Waals surface area contributed by atoms with Gasteiger partial charge in [-0.25, -0.2) is 0 Å². The van der Waals surface area contributed by atoms with E-state index in [1.165, 1.54) is 70.6 Å². The van der Waals surface area contributed by atoms with Crippen molar-refractivity contribution in [3.63, 3.8) is 0 Å². The van der Waals surface area contributed by atoms with Crippen molar-refractivity contribution in [1.82, 2.24) is 0 Å². The van der Waals surface area contributed by atoms with E-state index in [0.29, 0.717) is 12.3 Å². The quantitative estimate of drug-likeness (QED) is 0.289. The highest BCUT2D eigenvalue weighted by Gasteiger charge is 2.39. The second kappa shape index (κ2) is 12.1. The molecule has 0 heterocycles. The first-order chi connectivity index (χ1) is 10.3. The Bertz CT molecular complexity index is 262. The van der Waals surface area contributed by atoms with Crippen molar-refractivity contribution in [2.45, 2.75) is 110 Å². The molecular formula is C19H36O2. The molecule has 1 aliphatic rings. The van der Waals surface area contributed by atoms with Gasteiger partial charge in [-0.15, -0.1) is 0 Å². The molecule has 1 saturated carbocycles. The lowest BCUT2D eigenvalue weighted by Gasteiger charge is -2.05. The second-order valence-electron chi connectivity index (χ2n) is 6.74. The monoisotopic (exact) mass is 296 g/mol. The van der Waals surface area contributed by atoms with Crippen LogP contribution in [0.15, 0.2) is 0 Å². The summed E-state index contributed by atoms with van der Waals surface area (Å²) in [6, 6.07) is 0. The summed E-state index contributed by atoms with van der Waals surface area (Å²) in [6.07, 6.45) is 17.4.